The molecule has 1 saturated heterocycles. The van der Waals surface area contributed by atoms with Gasteiger partial charge in [-0.3, -0.25) is 9.59 Å². The zero-order valence-corrected chi connectivity index (χ0v) is 18.0. The van der Waals surface area contributed by atoms with E-state index in [1.807, 2.05) is 41.3 Å². The third kappa shape index (κ3) is 4.39. The van der Waals surface area contributed by atoms with Crippen LogP contribution < -0.4 is 5.32 Å². The number of rotatable bonds is 5. The Kier molecular flexibility index (Phi) is 5.90. The summed E-state index contributed by atoms with van der Waals surface area (Å²) in [7, 11) is 0. The van der Waals surface area contributed by atoms with E-state index in [4.69, 9.17) is 9.15 Å². The van der Waals surface area contributed by atoms with Crippen LogP contribution in [0.15, 0.2) is 52.9 Å². The van der Waals surface area contributed by atoms with Crippen molar-refractivity contribution in [1.82, 2.24) is 9.88 Å². The highest BCUT2D eigenvalue weighted by Crippen LogP contribution is 2.27. The molecule has 2 aromatic carbocycles. The van der Waals surface area contributed by atoms with Crippen LogP contribution >= 0.6 is 0 Å². The van der Waals surface area contributed by atoms with Crippen LogP contribution in [0.4, 0.5) is 5.69 Å². The highest BCUT2D eigenvalue weighted by atomic mass is 16.5. The van der Waals surface area contributed by atoms with Crippen LogP contribution in [0, 0.1) is 0 Å². The number of amides is 2. The minimum atomic E-state index is -0.704. The van der Waals surface area contributed by atoms with E-state index in [2.05, 4.69) is 10.3 Å². The number of fused-ring (bicyclic) bond motifs is 1. The summed E-state index contributed by atoms with van der Waals surface area (Å²) in [5.41, 5.74) is 3.02. The summed E-state index contributed by atoms with van der Waals surface area (Å²) < 4.78 is 11.4. The third-order valence-electron chi connectivity index (χ3n) is 6.31. The highest BCUT2D eigenvalue weighted by molar-refractivity contribution is 5.95. The van der Waals surface area contributed by atoms with Crippen molar-refractivity contribution in [1.29, 1.82) is 0 Å². The average molecular weight is 434 g/mol. The lowest BCUT2D eigenvalue weighted by atomic mass is 9.93. The van der Waals surface area contributed by atoms with Crippen molar-refractivity contribution in [2.75, 3.05) is 18.5 Å². The average Bonchev–Trinajstić information content (AvgIpc) is 3.26. The zero-order chi connectivity index (χ0) is 21.9. The van der Waals surface area contributed by atoms with Gasteiger partial charge in [0.25, 0.3) is 5.91 Å². The Labute approximate surface area is 186 Å². The van der Waals surface area contributed by atoms with E-state index in [1.165, 1.54) is 19.3 Å². The van der Waals surface area contributed by atoms with Gasteiger partial charge in [0.15, 0.2) is 5.58 Å². The zero-order valence-electron chi connectivity index (χ0n) is 18.0. The van der Waals surface area contributed by atoms with Gasteiger partial charge < -0.3 is 19.4 Å². The summed E-state index contributed by atoms with van der Waals surface area (Å²) in [4.78, 5) is 31.9. The molecule has 1 aliphatic carbocycles. The molecule has 0 spiro atoms. The Morgan fingerprint density at radius 3 is 2.62 bits per heavy atom. The number of benzene rings is 2. The Balaban J connectivity index is 1.20. The topological polar surface area (TPSA) is 84.7 Å². The molecule has 1 unspecified atom stereocenters. The number of para-hydroxylation sites is 2. The van der Waals surface area contributed by atoms with E-state index < -0.39 is 6.10 Å². The van der Waals surface area contributed by atoms with Crippen molar-refractivity contribution < 1.29 is 18.7 Å². The van der Waals surface area contributed by atoms with Gasteiger partial charge in [0.1, 0.15) is 11.6 Å². The summed E-state index contributed by atoms with van der Waals surface area (Å²) in [5.74, 6) is 0.251. The fraction of sp³-hybridized carbons (Fsp3) is 0.400. The molecule has 5 rings (SSSR count). The van der Waals surface area contributed by atoms with Crippen LogP contribution in [-0.4, -0.2) is 47.0 Å². The molecule has 2 fully saturated rings. The molecule has 0 radical (unpaired) electrons. The predicted molar refractivity (Wildman–Crippen MR) is 121 cm³/mol. The second kappa shape index (κ2) is 9.12. The Morgan fingerprint density at radius 2 is 1.84 bits per heavy atom. The maximum absolute atomic E-state index is 12.9. The largest absolute Gasteiger partial charge is 0.436 e. The third-order valence-corrected chi connectivity index (χ3v) is 6.31. The monoisotopic (exact) mass is 433 g/mol. The molecular weight excluding hydrogens is 406 g/mol. The first-order valence-corrected chi connectivity index (χ1v) is 11.4. The van der Waals surface area contributed by atoms with Gasteiger partial charge in [-0.1, -0.05) is 31.4 Å². The number of nitrogens with one attached hydrogen (secondary N) is 1. The SMILES string of the molecule is O=C(CC1OCCN(C2CCCCC2)C1=O)Nc1ccc(-c2nc3ccccc3o2)cc1. The molecule has 2 heterocycles. The van der Waals surface area contributed by atoms with Crippen molar-refractivity contribution >= 4 is 28.6 Å². The molecule has 1 aromatic heterocycles. The first kappa shape index (κ1) is 20.7. The Morgan fingerprint density at radius 1 is 1.06 bits per heavy atom. The van der Waals surface area contributed by atoms with E-state index in [0.717, 1.165) is 29.5 Å². The summed E-state index contributed by atoms with van der Waals surface area (Å²) >= 11 is 0. The maximum atomic E-state index is 12.9. The Hall–Kier alpha value is -3.19. The molecule has 0 bridgehead atoms. The summed E-state index contributed by atoms with van der Waals surface area (Å²) in [5, 5.41) is 2.87. The number of anilines is 1. The van der Waals surface area contributed by atoms with Crippen LogP contribution in [-0.2, 0) is 14.3 Å². The highest BCUT2D eigenvalue weighted by Gasteiger charge is 2.35. The number of carbonyl (C=O) groups is 2. The number of carbonyl (C=O) groups excluding carboxylic acids is 2. The van der Waals surface area contributed by atoms with E-state index in [9.17, 15) is 9.59 Å². The first-order valence-electron chi connectivity index (χ1n) is 11.4. The molecule has 166 valence electrons. The van der Waals surface area contributed by atoms with Gasteiger partial charge in [-0.2, -0.15) is 0 Å². The van der Waals surface area contributed by atoms with Gasteiger partial charge in [0, 0.05) is 23.8 Å². The van der Waals surface area contributed by atoms with Gasteiger partial charge >= 0.3 is 0 Å². The number of hydrogen-bond donors (Lipinski definition) is 1. The molecule has 1 aliphatic heterocycles. The number of nitrogens with zero attached hydrogens (tertiary/aromatic N) is 2. The summed E-state index contributed by atoms with van der Waals surface area (Å²) in [6.45, 7) is 1.11. The van der Waals surface area contributed by atoms with Crippen molar-refractivity contribution in [3.63, 3.8) is 0 Å². The number of ether oxygens (including phenoxy) is 1. The number of hydrogen-bond acceptors (Lipinski definition) is 5. The van der Waals surface area contributed by atoms with Crippen LogP contribution in [0.5, 0.6) is 0 Å². The standard InChI is InChI=1S/C25H27N3O4/c29-23(16-22-25(30)28(14-15-31-22)19-6-2-1-3-7-19)26-18-12-10-17(11-13-18)24-27-20-8-4-5-9-21(20)32-24/h4-5,8-13,19,22H,1-3,6-7,14-16H2,(H,26,29). The molecule has 32 heavy (non-hydrogen) atoms. The molecule has 2 aliphatic rings. The van der Waals surface area contributed by atoms with E-state index in [-0.39, 0.29) is 18.2 Å². The maximum Gasteiger partial charge on any atom is 0.252 e. The molecule has 2 amide bonds. The van der Waals surface area contributed by atoms with E-state index in [0.29, 0.717) is 30.8 Å². The van der Waals surface area contributed by atoms with Crippen LogP contribution in [0.25, 0.3) is 22.6 Å². The van der Waals surface area contributed by atoms with Crippen molar-refractivity contribution in [2.45, 2.75) is 50.7 Å². The second-order valence-electron chi connectivity index (χ2n) is 8.50. The molecule has 7 nitrogen and oxygen atoms in total. The predicted octanol–water partition coefficient (Wildman–Crippen LogP) is 4.38. The van der Waals surface area contributed by atoms with Crippen LogP contribution in [0.2, 0.25) is 0 Å². The van der Waals surface area contributed by atoms with Gasteiger partial charge in [0.05, 0.1) is 13.0 Å². The fourth-order valence-corrected chi connectivity index (χ4v) is 4.63. The fourth-order valence-electron chi connectivity index (χ4n) is 4.63. The molecule has 1 saturated carbocycles. The number of aromatic nitrogens is 1. The Bertz CT molecular complexity index is 1070. The lowest BCUT2D eigenvalue weighted by Gasteiger charge is -2.39. The summed E-state index contributed by atoms with van der Waals surface area (Å²) in [6, 6.07) is 15.2. The van der Waals surface area contributed by atoms with Gasteiger partial charge in [-0.25, -0.2) is 4.98 Å². The number of morpholine rings is 1. The quantitative estimate of drug-likeness (QED) is 0.645. The minimum Gasteiger partial charge on any atom is -0.436 e. The van der Waals surface area contributed by atoms with Gasteiger partial charge in [-0.05, 0) is 49.2 Å². The van der Waals surface area contributed by atoms with Gasteiger partial charge in [0.2, 0.25) is 11.8 Å². The van der Waals surface area contributed by atoms with Crippen molar-refractivity contribution in [2.24, 2.45) is 0 Å². The smallest absolute Gasteiger partial charge is 0.252 e. The van der Waals surface area contributed by atoms with Crippen LogP contribution in [0.1, 0.15) is 38.5 Å². The molecule has 1 atom stereocenters. The molecule has 1 N–H and O–H groups in total. The van der Waals surface area contributed by atoms with Crippen molar-refractivity contribution in [3.8, 4) is 11.5 Å². The first-order chi connectivity index (χ1) is 15.7. The normalized spacial score (nSPS) is 19.9. The molecule has 3 aromatic rings. The van der Waals surface area contributed by atoms with Gasteiger partial charge in [-0.15, -0.1) is 0 Å². The molecule has 7 heteroatoms. The van der Waals surface area contributed by atoms with Crippen LogP contribution in [0.3, 0.4) is 0 Å². The lowest BCUT2D eigenvalue weighted by Crippen LogP contribution is -2.53. The number of oxazole rings is 1. The second-order valence-corrected chi connectivity index (χ2v) is 8.50. The summed E-state index contributed by atoms with van der Waals surface area (Å²) in [6.07, 6.45) is 5.00. The van der Waals surface area contributed by atoms with Crippen molar-refractivity contribution in [3.05, 3.63) is 48.5 Å². The van der Waals surface area contributed by atoms with E-state index >= 15 is 0 Å². The minimum absolute atomic E-state index is 0.0228. The lowest BCUT2D eigenvalue weighted by molar-refractivity contribution is -0.159. The molecular formula is C25H27N3O4. The van der Waals surface area contributed by atoms with E-state index in [1.54, 1.807) is 12.1 Å².